The Morgan fingerprint density at radius 2 is 2.00 bits per heavy atom. The zero-order chi connectivity index (χ0) is 11.0. The third kappa shape index (κ3) is 1.71. The molecule has 5 nitrogen and oxygen atoms in total. The second-order valence-corrected chi connectivity index (χ2v) is 5.62. The van der Waals surface area contributed by atoms with E-state index in [-0.39, 0.29) is 13.3 Å². The van der Waals surface area contributed by atoms with E-state index in [1.54, 1.807) is 0 Å². The maximum atomic E-state index is 10.3. The molecule has 1 unspecified atom stereocenters. The van der Waals surface area contributed by atoms with Crippen molar-refractivity contribution in [1.82, 2.24) is 14.8 Å². The predicted molar refractivity (Wildman–Crippen MR) is 62.3 cm³/mol. The molecular weight excluding hydrogens is 223 g/mol. The topological polar surface area (TPSA) is 50.9 Å². The van der Waals surface area contributed by atoms with Crippen molar-refractivity contribution in [2.24, 2.45) is 0 Å². The molecule has 16 heavy (non-hydrogen) atoms. The fraction of sp³-hybridized carbons (Fsp3) is 0.400. The Morgan fingerprint density at radius 3 is 2.81 bits per heavy atom. The molecule has 1 aliphatic heterocycles. The molecule has 0 radical (unpaired) electrons. The summed E-state index contributed by atoms with van der Waals surface area (Å²) in [4.78, 5) is 0. The van der Waals surface area contributed by atoms with Crippen LogP contribution in [0.15, 0.2) is 24.3 Å². The molecule has 1 aromatic heterocycles. The van der Waals surface area contributed by atoms with Crippen molar-refractivity contribution in [2.45, 2.75) is 12.8 Å². The summed E-state index contributed by atoms with van der Waals surface area (Å²) in [6, 6.07) is 7.85. The molecule has 0 spiro atoms. The summed E-state index contributed by atoms with van der Waals surface area (Å²) in [5.74, 6) is 0. The Hall–Kier alpha value is -1.03. The average molecular weight is 237 g/mol. The van der Waals surface area contributed by atoms with Crippen molar-refractivity contribution in [3.63, 3.8) is 0 Å². The number of quaternary nitrogens is 1. The van der Waals surface area contributed by atoms with E-state index in [4.69, 9.17) is 0 Å². The molecule has 6 heteroatoms. The smallest absolute Gasteiger partial charge is 0.215 e. The third-order valence-corrected chi connectivity index (χ3v) is 4.28. The highest BCUT2D eigenvalue weighted by Crippen LogP contribution is 2.34. The predicted octanol–water partition coefficient (Wildman–Crippen LogP) is 1.79. The van der Waals surface area contributed by atoms with Crippen LogP contribution < -0.4 is 0 Å². The van der Waals surface area contributed by atoms with Gasteiger partial charge in [-0.3, -0.25) is 0 Å². The quantitative estimate of drug-likeness (QED) is 0.810. The minimum atomic E-state index is 0.118. The SMILES string of the molecule is O[N+]1(Pn2nnc3ccccc32)CCCC1. The maximum absolute atomic E-state index is 10.3. The summed E-state index contributed by atoms with van der Waals surface area (Å²) in [6.07, 6.45) is 2.19. The van der Waals surface area contributed by atoms with E-state index in [1.165, 1.54) is 0 Å². The van der Waals surface area contributed by atoms with Crippen LogP contribution in [-0.2, 0) is 0 Å². The molecule has 1 saturated heterocycles. The molecule has 1 fully saturated rings. The van der Waals surface area contributed by atoms with Gasteiger partial charge in [0.05, 0.1) is 5.52 Å². The molecule has 1 atom stereocenters. The van der Waals surface area contributed by atoms with Gasteiger partial charge in [0.2, 0.25) is 0 Å². The summed E-state index contributed by atoms with van der Waals surface area (Å²) in [6.45, 7) is 1.65. The number of rotatable bonds is 2. The average Bonchev–Trinajstić information content (AvgIpc) is 2.87. The van der Waals surface area contributed by atoms with Gasteiger partial charge in [0.1, 0.15) is 18.6 Å². The number of para-hydroxylation sites is 1. The number of hydrogen-bond donors (Lipinski definition) is 1. The third-order valence-electron chi connectivity index (χ3n) is 2.94. The molecule has 1 N–H and O–H groups in total. The second-order valence-electron chi connectivity index (χ2n) is 4.17. The first-order valence-electron chi connectivity index (χ1n) is 5.45. The lowest BCUT2D eigenvalue weighted by Gasteiger charge is -2.22. The summed E-state index contributed by atoms with van der Waals surface area (Å²) in [7, 11) is 0.225. The van der Waals surface area contributed by atoms with E-state index in [1.807, 2.05) is 28.7 Å². The van der Waals surface area contributed by atoms with Gasteiger partial charge >= 0.3 is 0 Å². The van der Waals surface area contributed by atoms with Crippen LogP contribution >= 0.6 is 8.88 Å². The van der Waals surface area contributed by atoms with E-state index in [9.17, 15) is 5.21 Å². The lowest BCUT2D eigenvalue weighted by atomic mass is 10.3. The Bertz CT molecular complexity index is 506. The van der Waals surface area contributed by atoms with Crippen LogP contribution in [0.25, 0.3) is 11.0 Å². The highest BCUT2D eigenvalue weighted by molar-refractivity contribution is 7.29. The molecule has 0 saturated carbocycles. The van der Waals surface area contributed by atoms with Crippen LogP contribution in [0.3, 0.4) is 0 Å². The monoisotopic (exact) mass is 237 g/mol. The molecule has 84 valence electrons. The first-order chi connectivity index (χ1) is 7.77. The summed E-state index contributed by atoms with van der Waals surface area (Å²) >= 11 is 0. The van der Waals surface area contributed by atoms with E-state index < -0.39 is 0 Å². The van der Waals surface area contributed by atoms with Crippen molar-refractivity contribution >= 4 is 19.9 Å². The van der Waals surface area contributed by atoms with Gasteiger partial charge < -0.3 is 0 Å². The van der Waals surface area contributed by atoms with Crippen molar-refractivity contribution in [3.8, 4) is 0 Å². The van der Waals surface area contributed by atoms with E-state index in [2.05, 4.69) is 10.3 Å². The van der Waals surface area contributed by atoms with Gasteiger partial charge in [-0.2, -0.15) is 8.87 Å². The summed E-state index contributed by atoms with van der Waals surface area (Å²) in [5, 5.41) is 18.5. The van der Waals surface area contributed by atoms with Gasteiger partial charge in [-0.1, -0.05) is 17.3 Å². The largest absolute Gasteiger partial charge is 0.255 e. The van der Waals surface area contributed by atoms with Gasteiger partial charge in [0.25, 0.3) is 8.88 Å². The standard InChI is InChI=1S/C10H14N4OP/c15-14(7-3-4-8-14)16-13-10-6-2-1-5-9(10)11-12-13/h1-2,5-6,15-16H,3-4,7-8H2/q+1. The van der Waals surface area contributed by atoms with Crippen LogP contribution in [0, 0.1) is 0 Å². The van der Waals surface area contributed by atoms with Crippen LogP contribution in [0.5, 0.6) is 0 Å². The lowest BCUT2D eigenvalue weighted by Crippen LogP contribution is -2.33. The number of nitrogens with zero attached hydrogens (tertiary/aromatic N) is 4. The van der Waals surface area contributed by atoms with Gasteiger partial charge in [-0.25, -0.2) is 5.21 Å². The van der Waals surface area contributed by atoms with Crippen molar-refractivity contribution < 1.29 is 9.62 Å². The van der Waals surface area contributed by atoms with Gasteiger partial charge in [-0.05, 0) is 12.1 Å². The highest BCUT2D eigenvalue weighted by Gasteiger charge is 2.32. The molecule has 1 aromatic carbocycles. The fourth-order valence-electron chi connectivity index (χ4n) is 2.08. The minimum absolute atomic E-state index is 0.118. The van der Waals surface area contributed by atoms with Crippen molar-refractivity contribution in [1.29, 1.82) is 0 Å². The Morgan fingerprint density at radius 1 is 1.25 bits per heavy atom. The van der Waals surface area contributed by atoms with E-state index >= 15 is 0 Å². The van der Waals surface area contributed by atoms with Gasteiger partial charge in [0.15, 0.2) is 0 Å². The van der Waals surface area contributed by atoms with Crippen LogP contribution in [0.1, 0.15) is 12.8 Å². The highest BCUT2D eigenvalue weighted by atomic mass is 31.1. The fourth-order valence-corrected chi connectivity index (χ4v) is 3.33. The van der Waals surface area contributed by atoms with Crippen LogP contribution in [0.2, 0.25) is 0 Å². The van der Waals surface area contributed by atoms with Crippen molar-refractivity contribution in [3.05, 3.63) is 24.3 Å². The van der Waals surface area contributed by atoms with E-state index in [0.29, 0.717) is 0 Å². The summed E-state index contributed by atoms with van der Waals surface area (Å²) < 4.78 is 1.94. The number of hydroxylamine groups is 2. The molecule has 2 aromatic rings. The Balaban J connectivity index is 1.94. The number of benzene rings is 1. The van der Waals surface area contributed by atoms with Crippen molar-refractivity contribution in [2.75, 3.05) is 13.1 Å². The first kappa shape index (κ1) is 10.1. The molecule has 2 heterocycles. The summed E-state index contributed by atoms with van der Waals surface area (Å²) in [5.41, 5.74) is 1.89. The molecule has 1 aliphatic rings. The van der Waals surface area contributed by atoms with Gasteiger partial charge in [-0.15, -0.1) is 5.10 Å². The number of hydrogen-bond acceptors (Lipinski definition) is 3. The molecule has 0 amide bonds. The minimum Gasteiger partial charge on any atom is -0.215 e. The number of fused-ring (bicyclic) bond motifs is 1. The first-order valence-corrected chi connectivity index (χ1v) is 6.35. The zero-order valence-electron chi connectivity index (χ0n) is 8.87. The van der Waals surface area contributed by atoms with Crippen LogP contribution in [0.4, 0.5) is 0 Å². The maximum Gasteiger partial charge on any atom is 0.255 e. The number of aromatic nitrogens is 3. The van der Waals surface area contributed by atoms with Gasteiger partial charge in [0, 0.05) is 12.8 Å². The molecular formula is C10H14N4OP+. The Kier molecular flexibility index (Phi) is 2.39. The lowest BCUT2D eigenvalue weighted by molar-refractivity contribution is -0.990. The normalized spacial score (nSPS) is 20.1. The molecule has 3 rings (SSSR count). The van der Waals surface area contributed by atoms with E-state index in [0.717, 1.165) is 37.0 Å². The Labute approximate surface area is 95.1 Å². The zero-order valence-corrected chi connectivity index (χ0v) is 9.87. The second kappa shape index (κ2) is 3.77. The van der Waals surface area contributed by atoms with Crippen LogP contribution in [-0.4, -0.2) is 37.5 Å². The molecule has 0 aliphatic carbocycles. The molecule has 0 bridgehead atoms.